The lowest BCUT2D eigenvalue weighted by molar-refractivity contribution is 0.0942. The van der Waals surface area contributed by atoms with E-state index in [1.807, 2.05) is 36.5 Å². The largest absolute Gasteiger partial charge is 0.350 e. The van der Waals surface area contributed by atoms with Gasteiger partial charge in [0.1, 0.15) is 5.65 Å². The molecule has 1 amide bonds. The molecule has 3 rings (SSSR count). The van der Waals surface area contributed by atoms with Crippen molar-refractivity contribution in [1.29, 1.82) is 0 Å². The predicted octanol–water partition coefficient (Wildman–Crippen LogP) is 0.726. The Bertz CT molecular complexity index is 1100. The van der Waals surface area contributed by atoms with Crippen LogP contribution < -0.4 is 16.6 Å². The number of rotatable bonds is 5. The van der Waals surface area contributed by atoms with E-state index < -0.39 is 11.2 Å². The van der Waals surface area contributed by atoms with E-state index in [9.17, 15) is 14.4 Å². The van der Waals surface area contributed by atoms with Gasteiger partial charge in [-0.2, -0.15) is 0 Å². The van der Waals surface area contributed by atoms with Gasteiger partial charge in [0.15, 0.2) is 0 Å². The summed E-state index contributed by atoms with van der Waals surface area (Å²) in [5.41, 5.74) is -0.395. The number of carbonyl (C=O) groups is 1. The molecule has 0 saturated carbocycles. The number of amides is 1. The summed E-state index contributed by atoms with van der Waals surface area (Å²) in [6.07, 6.45) is 1.38. The highest BCUT2D eigenvalue weighted by Gasteiger charge is 2.18. The van der Waals surface area contributed by atoms with E-state index in [1.54, 1.807) is 18.4 Å². The van der Waals surface area contributed by atoms with Crippen molar-refractivity contribution in [1.82, 2.24) is 24.3 Å². The molecule has 8 nitrogen and oxygen atoms in total. The van der Waals surface area contributed by atoms with Gasteiger partial charge in [-0.15, -0.1) is 11.3 Å². The van der Waals surface area contributed by atoms with Gasteiger partial charge in [0.2, 0.25) is 0 Å². The molecule has 0 aliphatic carbocycles. The smallest absolute Gasteiger partial charge is 0.332 e. The van der Waals surface area contributed by atoms with Crippen LogP contribution in [0.2, 0.25) is 0 Å². The lowest BCUT2D eigenvalue weighted by atomic mass is 10.2. The maximum Gasteiger partial charge on any atom is 0.332 e. The molecule has 0 bridgehead atoms. The Morgan fingerprint density at radius 1 is 1.30 bits per heavy atom. The van der Waals surface area contributed by atoms with Crippen molar-refractivity contribution in [3.05, 3.63) is 61.1 Å². The van der Waals surface area contributed by atoms with E-state index in [1.165, 1.54) is 23.9 Å². The molecule has 27 heavy (non-hydrogen) atoms. The number of aryl methyl sites for hydroxylation is 1. The van der Waals surface area contributed by atoms with Gasteiger partial charge in [0.25, 0.3) is 11.5 Å². The zero-order chi connectivity index (χ0) is 19.7. The minimum absolute atomic E-state index is 0.0519. The van der Waals surface area contributed by atoms with Gasteiger partial charge in [0, 0.05) is 31.7 Å². The van der Waals surface area contributed by atoms with Crippen molar-refractivity contribution in [2.24, 2.45) is 14.1 Å². The van der Waals surface area contributed by atoms with E-state index >= 15 is 0 Å². The molecular formula is C18H21N5O3S. The van der Waals surface area contributed by atoms with Crippen LogP contribution in [0, 0.1) is 0 Å². The van der Waals surface area contributed by atoms with Gasteiger partial charge in [0.05, 0.1) is 17.0 Å². The molecule has 142 valence electrons. The lowest BCUT2D eigenvalue weighted by Gasteiger charge is -2.23. The van der Waals surface area contributed by atoms with Crippen molar-refractivity contribution < 1.29 is 4.79 Å². The van der Waals surface area contributed by atoms with Crippen LogP contribution in [0.1, 0.15) is 21.3 Å². The zero-order valence-corrected chi connectivity index (χ0v) is 16.4. The third-order valence-corrected chi connectivity index (χ3v) is 5.48. The molecule has 0 unspecified atom stereocenters. The minimum Gasteiger partial charge on any atom is -0.350 e. The number of carbonyl (C=O) groups excluding carboxylic acids is 1. The molecule has 3 aromatic rings. The molecule has 0 aromatic carbocycles. The molecule has 0 aliphatic rings. The Morgan fingerprint density at radius 2 is 2.04 bits per heavy atom. The van der Waals surface area contributed by atoms with E-state index in [-0.39, 0.29) is 28.5 Å². The molecule has 3 aromatic heterocycles. The SMILES string of the molecule is CN(C)[C@H](CNC(=O)c1cnc2c(c1)c(=O)n(C)c(=O)n2C)c1cccs1. The van der Waals surface area contributed by atoms with Gasteiger partial charge >= 0.3 is 5.69 Å². The number of hydrogen-bond donors (Lipinski definition) is 1. The quantitative estimate of drug-likeness (QED) is 0.697. The van der Waals surface area contributed by atoms with E-state index in [4.69, 9.17) is 0 Å². The first-order valence-electron chi connectivity index (χ1n) is 8.35. The molecule has 1 N–H and O–H groups in total. The van der Waals surface area contributed by atoms with Crippen molar-refractivity contribution >= 4 is 28.3 Å². The summed E-state index contributed by atoms with van der Waals surface area (Å²) < 4.78 is 2.29. The molecule has 3 heterocycles. The molecule has 0 aliphatic heterocycles. The van der Waals surface area contributed by atoms with Crippen molar-refractivity contribution in [2.75, 3.05) is 20.6 Å². The molecule has 0 spiro atoms. The Labute approximate surface area is 159 Å². The second-order valence-corrected chi connectivity index (χ2v) is 7.49. The van der Waals surface area contributed by atoms with Crippen molar-refractivity contribution in [3.63, 3.8) is 0 Å². The van der Waals surface area contributed by atoms with Crippen LogP contribution in [0.5, 0.6) is 0 Å². The second kappa shape index (κ2) is 7.45. The first kappa shape index (κ1) is 19.0. The number of fused-ring (bicyclic) bond motifs is 1. The number of hydrogen-bond acceptors (Lipinski definition) is 6. The summed E-state index contributed by atoms with van der Waals surface area (Å²) in [5.74, 6) is -0.316. The standard InChI is InChI=1S/C18H21N5O3S/c1-21(2)13(14-6-5-7-27-14)10-20-16(24)11-8-12-15(19-9-11)22(3)18(26)23(4)17(12)25/h5-9,13H,10H2,1-4H3,(H,20,24)/t13-/m1/s1. The van der Waals surface area contributed by atoms with Gasteiger partial charge in [-0.05, 0) is 31.6 Å². The molecule has 0 saturated heterocycles. The Kier molecular flexibility index (Phi) is 5.24. The highest BCUT2D eigenvalue weighted by molar-refractivity contribution is 7.10. The van der Waals surface area contributed by atoms with Crippen LogP contribution in [0.4, 0.5) is 0 Å². The fourth-order valence-electron chi connectivity index (χ4n) is 2.90. The predicted molar refractivity (Wildman–Crippen MR) is 105 cm³/mol. The third-order valence-electron chi connectivity index (χ3n) is 4.51. The zero-order valence-electron chi connectivity index (χ0n) is 15.6. The van der Waals surface area contributed by atoms with Crippen LogP contribution in [0.25, 0.3) is 11.0 Å². The van der Waals surface area contributed by atoms with E-state index in [0.29, 0.717) is 6.54 Å². The summed E-state index contributed by atoms with van der Waals surface area (Å²) in [4.78, 5) is 44.3. The average molecular weight is 387 g/mol. The summed E-state index contributed by atoms with van der Waals surface area (Å²) in [7, 11) is 6.86. The second-order valence-electron chi connectivity index (χ2n) is 6.51. The number of thiophene rings is 1. The van der Waals surface area contributed by atoms with E-state index in [0.717, 1.165) is 9.44 Å². The van der Waals surface area contributed by atoms with Crippen molar-refractivity contribution in [3.8, 4) is 0 Å². The van der Waals surface area contributed by atoms with Crippen LogP contribution in [0.15, 0.2) is 39.4 Å². The number of aromatic nitrogens is 3. The number of likely N-dealkylation sites (N-methyl/N-ethyl adjacent to an activating group) is 1. The fraction of sp³-hybridized carbons (Fsp3) is 0.333. The Morgan fingerprint density at radius 3 is 2.67 bits per heavy atom. The van der Waals surface area contributed by atoms with Gasteiger partial charge < -0.3 is 10.2 Å². The van der Waals surface area contributed by atoms with Gasteiger partial charge in [-0.3, -0.25) is 18.7 Å². The minimum atomic E-state index is -0.472. The monoisotopic (exact) mass is 387 g/mol. The van der Waals surface area contributed by atoms with Gasteiger partial charge in [-0.1, -0.05) is 6.07 Å². The molecule has 1 atom stereocenters. The highest BCUT2D eigenvalue weighted by atomic mass is 32.1. The van der Waals surface area contributed by atoms with Crippen LogP contribution in [-0.4, -0.2) is 45.6 Å². The third kappa shape index (κ3) is 3.56. The topological polar surface area (TPSA) is 89.2 Å². The maximum absolute atomic E-state index is 12.6. The summed E-state index contributed by atoms with van der Waals surface area (Å²) in [6, 6.07) is 5.54. The highest BCUT2D eigenvalue weighted by Crippen LogP contribution is 2.22. The van der Waals surface area contributed by atoms with Crippen LogP contribution in [-0.2, 0) is 14.1 Å². The normalized spacial score (nSPS) is 12.5. The fourth-order valence-corrected chi connectivity index (χ4v) is 3.82. The average Bonchev–Trinajstić information content (AvgIpc) is 3.18. The number of nitrogens with one attached hydrogen (secondary N) is 1. The summed E-state index contributed by atoms with van der Waals surface area (Å²) in [6.45, 7) is 0.426. The Hall–Kier alpha value is -2.78. The first-order valence-corrected chi connectivity index (χ1v) is 9.23. The molecule has 0 radical (unpaired) electrons. The molecule has 0 fully saturated rings. The van der Waals surface area contributed by atoms with Crippen LogP contribution >= 0.6 is 11.3 Å². The molecular weight excluding hydrogens is 366 g/mol. The van der Waals surface area contributed by atoms with Gasteiger partial charge in [-0.25, -0.2) is 9.78 Å². The van der Waals surface area contributed by atoms with E-state index in [2.05, 4.69) is 10.3 Å². The molecule has 9 heteroatoms. The lowest BCUT2D eigenvalue weighted by Crippen LogP contribution is -2.37. The summed E-state index contributed by atoms with van der Waals surface area (Å²) >= 11 is 1.63. The van der Waals surface area contributed by atoms with Crippen LogP contribution in [0.3, 0.4) is 0 Å². The van der Waals surface area contributed by atoms with Crippen molar-refractivity contribution in [2.45, 2.75) is 6.04 Å². The maximum atomic E-state index is 12.6. The Balaban J connectivity index is 1.88. The summed E-state index contributed by atoms with van der Waals surface area (Å²) in [5, 5.41) is 5.13. The first-order chi connectivity index (χ1) is 12.8. The number of pyridine rings is 1. The number of nitrogens with zero attached hydrogens (tertiary/aromatic N) is 4.